The lowest BCUT2D eigenvalue weighted by molar-refractivity contribution is -0.117. The van der Waals surface area contributed by atoms with Crippen LogP contribution in [0.1, 0.15) is 16.8 Å². The molecule has 0 saturated carbocycles. The summed E-state index contributed by atoms with van der Waals surface area (Å²) in [5, 5.41) is 2.92. The first-order valence-corrected chi connectivity index (χ1v) is 8.09. The molecule has 0 aliphatic carbocycles. The molecule has 0 aliphatic rings. The SMILES string of the molecule is Cc1cccc(C)c1NC(=O)Cn1cnc(N(C)C(=O)N(C)C=O)c1C. The second-order valence-corrected chi connectivity index (χ2v) is 6.15. The van der Waals surface area contributed by atoms with Crippen LogP contribution in [0.5, 0.6) is 0 Å². The molecule has 0 saturated heterocycles. The van der Waals surface area contributed by atoms with E-state index < -0.39 is 6.03 Å². The van der Waals surface area contributed by atoms with Crippen LogP contribution in [0.3, 0.4) is 0 Å². The molecule has 0 fully saturated rings. The maximum Gasteiger partial charge on any atom is 0.331 e. The monoisotopic (exact) mass is 357 g/mol. The van der Waals surface area contributed by atoms with Gasteiger partial charge in [-0.3, -0.25) is 19.4 Å². The lowest BCUT2D eigenvalue weighted by Crippen LogP contribution is -2.38. The molecule has 0 unspecified atom stereocenters. The summed E-state index contributed by atoms with van der Waals surface area (Å²) in [6, 6.07) is 5.31. The van der Waals surface area contributed by atoms with E-state index in [0.29, 0.717) is 17.9 Å². The Morgan fingerprint density at radius 3 is 2.38 bits per heavy atom. The van der Waals surface area contributed by atoms with Crippen LogP contribution >= 0.6 is 0 Å². The largest absolute Gasteiger partial charge is 0.331 e. The predicted octanol–water partition coefficient (Wildman–Crippen LogP) is 2.09. The van der Waals surface area contributed by atoms with Crippen LogP contribution < -0.4 is 10.2 Å². The van der Waals surface area contributed by atoms with Gasteiger partial charge < -0.3 is 9.88 Å². The van der Waals surface area contributed by atoms with E-state index in [-0.39, 0.29) is 12.5 Å². The Morgan fingerprint density at radius 1 is 1.19 bits per heavy atom. The summed E-state index contributed by atoms with van der Waals surface area (Å²) >= 11 is 0. The second-order valence-electron chi connectivity index (χ2n) is 6.15. The molecule has 1 aromatic heterocycles. The molecule has 2 aromatic rings. The number of para-hydroxylation sites is 1. The molecule has 0 spiro atoms. The number of urea groups is 1. The highest BCUT2D eigenvalue weighted by molar-refractivity contribution is 5.96. The fourth-order valence-electron chi connectivity index (χ4n) is 2.64. The Kier molecular flexibility index (Phi) is 5.76. The van der Waals surface area contributed by atoms with Gasteiger partial charge in [0.1, 0.15) is 6.54 Å². The first-order chi connectivity index (χ1) is 12.3. The van der Waals surface area contributed by atoms with Crippen molar-refractivity contribution in [3.8, 4) is 0 Å². The maximum atomic E-state index is 12.4. The molecule has 0 bridgehead atoms. The summed E-state index contributed by atoms with van der Waals surface area (Å²) < 4.78 is 1.66. The van der Waals surface area contributed by atoms with Crippen LogP contribution in [0.4, 0.5) is 16.3 Å². The fraction of sp³-hybridized carbons (Fsp3) is 0.333. The van der Waals surface area contributed by atoms with Crippen LogP contribution in [-0.2, 0) is 16.1 Å². The van der Waals surface area contributed by atoms with Gasteiger partial charge in [0.2, 0.25) is 12.3 Å². The molecule has 1 heterocycles. The van der Waals surface area contributed by atoms with Crippen LogP contribution in [0.2, 0.25) is 0 Å². The van der Waals surface area contributed by atoms with Gasteiger partial charge in [-0.2, -0.15) is 0 Å². The number of benzene rings is 1. The second kappa shape index (κ2) is 7.81. The Balaban J connectivity index is 2.14. The molecule has 1 aromatic carbocycles. The molecule has 8 heteroatoms. The quantitative estimate of drug-likeness (QED) is 0.830. The fourth-order valence-corrected chi connectivity index (χ4v) is 2.64. The molecular formula is C18H23N5O3. The number of anilines is 2. The van der Waals surface area contributed by atoms with Gasteiger partial charge in [-0.05, 0) is 31.9 Å². The molecule has 8 nitrogen and oxygen atoms in total. The van der Waals surface area contributed by atoms with Crippen molar-refractivity contribution in [2.75, 3.05) is 24.3 Å². The van der Waals surface area contributed by atoms with Gasteiger partial charge in [0.05, 0.1) is 12.0 Å². The van der Waals surface area contributed by atoms with Crippen LogP contribution in [0.25, 0.3) is 0 Å². The average molecular weight is 357 g/mol. The third-order valence-corrected chi connectivity index (χ3v) is 4.20. The third-order valence-electron chi connectivity index (χ3n) is 4.20. The third kappa shape index (κ3) is 3.90. The molecule has 1 N–H and O–H groups in total. The highest BCUT2D eigenvalue weighted by Gasteiger charge is 2.21. The minimum absolute atomic E-state index is 0.0676. The topological polar surface area (TPSA) is 87.5 Å². The van der Waals surface area contributed by atoms with Crippen LogP contribution in [0, 0.1) is 20.8 Å². The minimum Gasteiger partial charge on any atom is -0.324 e. The number of aryl methyl sites for hydroxylation is 2. The van der Waals surface area contributed by atoms with Gasteiger partial charge in [-0.25, -0.2) is 9.78 Å². The van der Waals surface area contributed by atoms with Gasteiger partial charge in [0.15, 0.2) is 5.82 Å². The average Bonchev–Trinajstić information content (AvgIpc) is 2.96. The van der Waals surface area contributed by atoms with E-state index in [9.17, 15) is 14.4 Å². The summed E-state index contributed by atoms with van der Waals surface area (Å²) in [5.74, 6) is 0.206. The van der Waals surface area contributed by atoms with Gasteiger partial charge in [0.25, 0.3) is 0 Å². The van der Waals surface area contributed by atoms with Crippen molar-refractivity contribution in [3.63, 3.8) is 0 Å². The van der Waals surface area contributed by atoms with E-state index in [4.69, 9.17) is 0 Å². The number of carbonyl (C=O) groups is 3. The lowest BCUT2D eigenvalue weighted by Gasteiger charge is -2.19. The number of carbonyl (C=O) groups excluding carboxylic acids is 3. The molecule has 2 rings (SSSR count). The molecule has 26 heavy (non-hydrogen) atoms. The van der Waals surface area contributed by atoms with Crippen molar-refractivity contribution in [1.82, 2.24) is 14.5 Å². The number of aromatic nitrogens is 2. The van der Waals surface area contributed by atoms with E-state index in [1.807, 2.05) is 32.0 Å². The van der Waals surface area contributed by atoms with Gasteiger partial charge in [-0.1, -0.05) is 18.2 Å². The first-order valence-electron chi connectivity index (χ1n) is 8.09. The summed E-state index contributed by atoms with van der Waals surface area (Å²) in [4.78, 5) is 41.6. The van der Waals surface area contributed by atoms with Crippen molar-refractivity contribution >= 4 is 29.9 Å². The highest BCUT2D eigenvalue weighted by atomic mass is 16.2. The maximum absolute atomic E-state index is 12.4. The van der Waals surface area contributed by atoms with E-state index in [1.165, 1.54) is 25.3 Å². The van der Waals surface area contributed by atoms with Gasteiger partial charge in [0, 0.05) is 19.8 Å². The Hall–Kier alpha value is -3.16. The van der Waals surface area contributed by atoms with Crippen molar-refractivity contribution in [3.05, 3.63) is 41.3 Å². The molecule has 0 radical (unpaired) electrons. The summed E-state index contributed by atoms with van der Waals surface area (Å²) in [5.41, 5.74) is 3.43. The first kappa shape index (κ1) is 19.2. The molecule has 138 valence electrons. The number of hydrogen-bond acceptors (Lipinski definition) is 4. The zero-order valence-corrected chi connectivity index (χ0v) is 15.6. The van der Waals surface area contributed by atoms with E-state index in [0.717, 1.165) is 21.7 Å². The zero-order chi connectivity index (χ0) is 19.4. The predicted molar refractivity (Wildman–Crippen MR) is 99.1 cm³/mol. The minimum atomic E-state index is -0.506. The zero-order valence-electron chi connectivity index (χ0n) is 15.6. The Bertz CT molecular complexity index is 823. The number of rotatable bonds is 5. The van der Waals surface area contributed by atoms with Crippen molar-refractivity contribution in [1.29, 1.82) is 0 Å². The molecule has 4 amide bonds. The normalized spacial score (nSPS) is 10.3. The number of hydrogen-bond donors (Lipinski definition) is 1. The number of imide groups is 1. The Labute approximate surface area is 152 Å². The number of amides is 4. The smallest absolute Gasteiger partial charge is 0.324 e. The number of imidazole rings is 1. The number of nitrogens with zero attached hydrogens (tertiary/aromatic N) is 4. The molecule has 0 aliphatic heterocycles. The summed E-state index contributed by atoms with van der Waals surface area (Å²) in [6.07, 6.45) is 1.93. The van der Waals surface area contributed by atoms with Gasteiger partial charge >= 0.3 is 6.03 Å². The lowest BCUT2D eigenvalue weighted by atomic mass is 10.1. The number of nitrogens with one attached hydrogen (secondary N) is 1. The summed E-state index contributed by atoms with van der Waals surface area (Å²) in [6.45, 7) is 5.71. The van der Waals surface area contributed by atoms with Gasteiger partial charge in [-0.15, -0.1) is 0 Å². The van der Waals surface area contributed by atoms with E-state index in [1.54, 1.807) is 11.5 Å². The standard InChI is InChI=1S/C18H23N5O3/c1-12-7-6-8-13(2)16(12)20-15(25)9-23-10-19-17(14(23)3)22(5)18(26)21(4)11-24/h6-8,10-11H,9H2,1-5H3,(H,20,25). The van der Waals surface area contributed by atoms with Crippen molar-refractivity contribution < 1.29 is 14.4 Å². The Morgan fingerprint density at radius 2 is 1.81 bits per heavy atom. The molecule has 0 atom stereocenters. The van der Waals surface area contributed by atoms with Crippen LogP contribution in [-0.4, -0.2) is 46.9 Å². The van der Waals surface area contributed by atoms with E-state index >= 15 is 0 Å². The molecular weight excluding hydrogens is 334 g/mol. The van der Waals surface area contributed by atoms with Crippen LogP contribution in [0.15, 0.2) is 24.5 Å². The highest BCUT2D eigenvalue weighted by Crippen LogP contribution is 2.20. The van der Waals surface area contributed by atoms with Crippen molar-refractivity contribution in [2.45, 2.75) is 27.3 Å². The van der Waals surface area contributed by atoms with Crippen molar-refractivity contribution in [2.24, 2.45) is 0 Å². The van der Waals surface area contributed by atoms with E-state index in [2.05, 4.69) is 10.3 Å². The summed E-state index contributed by atoms with van der Waals surface area (Å²) in [7, 11) is 2.90.